The molecule has 0 saturated heterocycles. The molecular weight excluding hydrogens is 364 g/mol. The topological polar surface area (TPSA) is 85.2 Å². The van der Waals surface area contributed by atoms with E-state index in [9.17, 15) is 14.9 Å². The molecule has 3 aromatic rings. The molecule has 0 amide bonds. The van der Waals surface area contributed by atoms with Crippen LogP contribution >= 0.6 is 22.9 Å². The SMILES string of the molecule is Cc1oc(-n2cccc2)c(C#N)c1C(=O)OCC(=O)c1ccc(Cl)s1. The van der Waals surface area contributed by atoms with Gasteiger partial charge in [0.1, 0.15) is 23.0 Å². The van der Waals surface area contributed by atoms with Crippen molar-refractivity contribution in [2.24, 2.45) is 0 Å². The number of esters is 1. The predicted octanol–water partition coefficient (Wildman–Crippen LogP) is 4.01. The Balaban J connectivity index is 1.81. The molecule has 0 unspecified atom stereocenters. The van der Waals surface area contributed by atoms with Crippen LogP contribution < -0.4 is 0 Å². The summed E-state index contributed by atoms with van der Waals surface area (Å²) in [7, 11) is 0. The van der Waals surface area contributed by atoms with Crippen molar-refractivity contribution in [3.05, 3.63) is 62.8 Å². The van der Waals surface area contributed by atoms with Gasteiger partial charge in [-0.15, -0.1) is 11.3 Å². The molecule has 25 heavy (non-hydrogen) atoms. The van der Waals surface area contributed by atoms with Crippen LogP contribution in [0.5, 0.6) is 0 Å². The van der Waals surface area contributed by atoms with Crippen LogP contribution in [0.15, 0.2) is 41.1 Å². The van der Waals surface area contributed by atoms with Crippen molar-refractivity contribution < 1.29 is 18.7 Å². The van der Waals surface area contributed by atoms with Crippen LogP contribution in [-0.2, 0) is 4.74 Å². The molecule has 0 spiro atoms. The molecule has 126 valence electrons. The first-order chi connectivity index (χ1) is 12.0. The summed E-state index contributed by atoms with van der Waals surface area (Å²) in [4.78, 5) is 24.8. The fourth-order valence-electron chi connectivity index (χ4n) is 2.27. The minimum atomic E-state index is -0.785. The third kappa shape index (κ3) is 3.36. The van der Waals surface area contributed by atoms with Crippen LogP contribution in [0.3, 0.4) is 0 Å². The number of furan rings is 1. The van der Waals surface area contributed by atoms with E-state index in [1.807, 2.05) is 6.07 Å². The highest BCUT2D eigenvalue weighted by atomic mass is 35.5. The van der Waals surface area contributed by atoms with E-state index < -0.39 is 12.6 Å². The number of nitriles is 1. The molecule has 3 aromatic heterocycles. The second kappa shape index (κ2) is 6.97. The Morgan fingerprint density at radius 1 is 1.36 bits per heavy atom. The number of carbonyl (C=O) groups excluding carboxylic acids is 2. The van der Waals surface area contributed by atoms with Gasteiger partial charge in [0.15, 0.2) is 6.61 Å². The quantitative estimate of drug-likeness (QED) is 0.497. The summed E-state index contributed by atoms with van der Waals surface area (Å²) in [6.45, 7) is 1.12. The van der Waals surface area contributed by atoms with Gasteiger partial charge in [0, 0.05) is 12.4 Å². The Labute approximate surface area is 151 Å². The Morgan fingerprint density at radius 2 is 2.08 bits per heavy atom. The zero-order valence-corrected chi connectivity index (χ0v) is 14.6. The highest BCUT2D eigenvalue weighted by Gasteiger charge is 2.26. The third-order valence-corrected chi connectivity index (χ3v) is 4.68. The highest BCUT2D eigenvalue weighted by Crippen LogP contribution is 2.26. The third-order valence-electron chi connectivity index (χ3n) is 3.40. The normalized spacial score (nSPS) is 10.4. The number of carbonyl (C=O) groups is 2. The number of hydrogen-bond acceptors (Lipinski definition) is 6. The number of thiophene rings is 1. The lowest BCUT2D eigenvalue weighted by atomic mass is 10.1. The molecule has 0 atom stereocenters. The number of rotatable bonds is 5. The molecule has 0 aliphatic carbocycles. The Morgan fingerprint density at radius 3 is 2.68 bits per heavy atom. The van der Waals surface area contributed by atoms with E-state index in [2.05, 4.69) is 0 Å². The van der Waals surface area contributed by atoms with E-state index in [1.165, 1.54) is 0 Å². The Bertz CT molecular complexity index is 979. The average Bonchev–Trinajstić information content (AvgIpc) is 3.31. The van der Waals surface area contributed by atoms with Gasteiger partial charge < -0.3 is 9.15 Å². The van der Waals surface area contributed by atoms with E-state index in [0.29, 0.717) is 9.21 Å². The van der Waals surface area contributed by atoms with Crippen LogP contribution in [0.2, 0.25) is 4.34 Å². The summed E-state index contributed by atoms with van der Waals surface area (Å²) in [5.74, 6) is -0.673. The van der Waals surface area contributed by atoms with Crippen molar-refractivity contribution in [3.8, 4) is 12.0 Å². The Hall–Kier alpha value is -2.82. The number of ether oxygens (including phenoxy) is 1. The van der Waals surface area contributed by atoms with Gasteiger partial charge in [-0.1, -0.05) is 11.6 Å². The molecule has 3 heterocycles. The first-order valence-electron chi connectivity index (χ1n) is 7.13. The summed E-state index contributed by atoms with van der Waals surface area (Å²) >= 11 is 6.89. The van der Waals surface area contributed by atoms with Gasteiger partial charge in [-0.3, -0.25) is 9.36 Å². The van der Waals surface area contributed by atoms with Crippen molar-refractivity contribution >= 4 is 34.7 Å². The van der Waals surface area contributed by atoms with Gasteiger partial charge in [0.05, 0.1) is 9.21 Å². The second-order valence-corrected chi connectivity index (χ2v) is 6.73. The number of ketones is 1. The number of hydrogen-bond donors (Lipinski definition) is 0. The van der Waals surface area contributed by atoms with E-state index in [4.69, 9.17) is 20.8 Å². The van der Waals surface area contributed by atoms with Crippen molar-refractivity contribution in [3.63, 3.8) is 0 Å². The van der Waals surface area contributed by atoms with Gasteiger partial charge in [-0.05, 0) is 31.2 Å². The molecule has 0 bridgehead atoms. The highest BCUT2D eigenvalue weighted by molar-refractivity contribution is 7.18. The fourth-order valence-corrected chi connectivity index (χ4v) is 3.24. The average molecular weight is 375 g/mol. The molecule has 0 aliphatic heterocycles. The molecular formula is C17H11ClN2O4S. The molecule has 0 radical (unpaired) electrons. The van der Waals surface area contributed by atoms with E-state index in [-0.39, 0.29) is 28.6 Å². The summed E-state index contributed by atoms with van der Waals surface area (Å²) in [5.41, 5.74) is 0.0773. The fraction of sp³-hybridized carbons (Fsp3) is 0.118. The minimum absolute atomic E-state index is 0.0169. The summed E-state index contributed by atoms with van der Waals surface area (Å²) < 4.78 is 12.7. The van der Waals surface area contributed by atoms with Crippen molar-refractivity contribution in [2.45, 2.75) is 6.92 Å². The van der Waals surface area contributed by atoms with Gasteiger partial charge in [0.2, 0.25) is 11.7 Å². The molecule has 0 N–H and O–H groups in total. The molecule has 6 nitrogen and oxygen atoms in total. The smallest absolute Gasteiger partial charge is 0.343 e. The van der Waals surface area contributed by atoms with Crippen LogP contribution in [0.25, 0.3) is 5.88 Å². The molecule has 0 aromatic carbocycles. The standard InChI is InChI=1S/C17H11ClN2O4S/c1-10-15(11(8-19)16(24-10)20-6-2-3-7-20)17(22)23-9-12(21)13-4-5-14(18)25-13/h2-7H,9H2,1H3. The molecule has 3 rings (SSSR count). The maximum absolute atomic E-state index is 12.4. The van der Waals surface area contributed by atoms with Crippen molar-refractivity contribution in [1.29, 1.82) is 5.26 Å². The van der Waals surface area contributed by atoms with Gasteiger partial charge in [-0.25, -0.2) is 4.79 Å². The van der Waals surface area contributed by atoms with Crippen LogP contribution in [0, 0.1) is 18.3 Å². The largest absolute Gasteiger partial charge is 0.454 e. The molecule has 0 fully saturated rings. The van der Waals surface area contributed by atoms with Gasteiger partial charge >= 0.3 is 5.97 Å². The molecule has 0 aliphatic rings. The lowest BCUT2D eigenvalue weighted by Crippen LogP contribution is -2.14. The lowest BCUT2D eigenvalue weighted by molar-refractivity contribution is 0.0473. The van der Waals surface area contributed by atoms with Crippen LogP contribution in [0.4, 0.5) is 0 Å². The maximum atomic E-state index is 12.4. The van der Waals surface area contributed by atoms with Crippen LogP contribution in [0.1, 0.15) is 31.4 Å². The number of nitrogens with zero attached hydrogens (tertiary/aromatic N) is 2. The van der Waals surface area contributed by atoms with Crippen molar-refractivity contribution in [2.75, 3.05) is 6.61 Å². The Kier molecular flexibility index (Phi) is 4.74. The summed E-state index contributed by atoms with van der Waals surface area (Å²) in [6, 6.07) is 8.66. The van der Waals surface area contributed by atoms with E-state index in [1.54, 1.807) is 48.1 Å². The van der Waals surface area contributed by atoms with E-state index >= 15 is 0 Å². The number of aromatic nitrogens is 1. The zero-order chi connectivity index (χ0) is 18.0. The summed E-state index contributed by atoms with van der Waals surface area (Å²) in [6.07, 6.45) is 3.39. The maximum Gasteiger partial charge on any atom is 0.343 e. The van der Waals surface area contributed by atoms with Gasteiger partial charge in [0.25, 0.3) is 0 Å². The minimum Gasteiger partial charge on any atom is -0.454 e. The van der Waals surface area contributed by atoms with Crippen molar-refractivity contribution in [1.82, 2.24) is 4.57 Å². The number of halogens is 1. The molecule has 8 heteroatoms. The second-order valence-electron chi connectivity index (χ2n) is 5.02. The monoisotopic (exact) mass is 374 g/mol. The first-order valence-corrected chi connectivity index (χ1v) is 8.33. The van der Waals surface area contributed by atoms with E-state index in [0.717, 1.165) is 11.3 Å². The zero-order valence-electron chi connectivity index (χ0n) is 13.0. The van der Waals surface area contributed by atoms with Crippen LogP contribution in [-0.4, -0.2) is 22.9 Å². The lowest BCUT2D eigenvalue weighted by Gasteiger charge is -2.03. The number of aryl methyl sites for hydroxylation is 1. The first kappa shape index (κ1) is 17.0. The van der Waals surface area contributed by atoms with Gasteiger partial charge in [-0.2, -0.15) is 5.26 Å². The summed E-state index contributed by atoms with van der Waals surface area (Å²) in [5, 5.41) is 9.41. The predicted molar refractivity (Wildman–Crippen MR) is 91.4 cm³/mol. The number of Topliss-reactive ketones (excluding diaryl/α,β-unsaturated/α-hetero) is 1. The molecule has 0 saturated carbocycles.